The highest BCUT2D eigenvalue weighted by Crippen LogP contribution is 2.23. The van der Waals surface area contributed by atoms with E-state index in [2.05, 4.69) is 0 Å². The Morgan fingerprint density at radius 2 is 1.89 bits per heavy atom. The molecule has 0 saturated carbocycles. The van der Waals surface area contributed by atoms with Gasteiger partial charge in [0.05, 0.1) is 17.9 Å². The lowest BCUT2D eigenvalue weighted by atomic mass is 10.1. The Morgan fingerprint density at radius 1 is 1.16 bits per heavy atom. The standard InChI is InChI=1S/C15H15NO3/c16-13-7-6-12(15(17)18)10-14(13)19-9-8-11-4-2-1-3-5-11/h1-7,10H,8-9,16H2,(H,17,18). The lowest BCUT2D eigenvalue weighted by Gasteiger charge is -2.09. The Morgan fingerprint density at radius 3 is 2.58 bits per heavy atom. The Balaban J connectivity index is 1.99. The van der Waals surface area contributed by atoms with Crippen molar-refractivity contribution in [2.24, 2.45) is 0 Å². The summed E-state index contributed by atoms with van der Waals surface area (Å²) in [6, 6.07) is 14.4. The molecule has 0 aliphatic carbocycles. The summed E-state index contributed by atoms with van der Waals surface area (Å²) in [5.74, 6) is -0.580. The first-order valence-electron chi connectivity index (χ1n) is 5.96. The van der Waals surface area contributed by atoms with Crippen LogP contribution in [0.4, 0.5) is 5.69 Å². The van der Waals surface area contributed by atoms with Crippen LogP contribution in [0.3, 0.4) is 0 Å². The summed E-state index contributed by atoms with van der Waals surface area (Å²) in [5.41, 5.74) is 7.53. The van der Waals surface area contributed by atoms with Crippen LogP contribution in [-0.2, 0) is 6.42 Å². The van der Waals surface area contributed by atoms with Crippen molar-refractivity contribution >= 4 is 11.7 Å². The van der Waals surface area contributed by atoms with E-state index in [9.17, 15) is 4.79 Å². The van der Waals surface area contributed by atoms with Gasteiger partial charge in [0, 0.05) is 6.42 Å². The minimum absolute atomic E-state index is 0.170. The maximum Gasteiger partial charge on any atom is 0.335 e. The molecule has 0 aromatic heterocycles. The van der Waals surface area contributed by atoms with E-state index in [1.165, 1.54) is 12.1 Å². The number of carboxylic acid groups (broad SMARTS) is 1. The third-order valence-corrected chi connectivity index (χ3v) is 2.75. The number of anilines is 1. The van der Waals surface area contributed by atoms with Gasteiger partial charge in [0.1, 0.15) is 5.75 Å². The number of hydrogen-bond donors (Lipinski definition) is 2. The van der Waals surface area contributed by atoms with Crippen molar-refractivity contribution in [3.8, 4) is 5.75 Å². The summed E-state index contributed by atoms with van der Waals surface area (Å²) in [5, 5.41) is 8.91. The molecule has 0 fully saturated rings. The molecule has 0 saturated heterocycles. The second-order valence-electron chi connectivity index (χ2n) is 4.14. The molecule has 0 spiro atoms. The maximum atomic E-state index is 10.9. The highest BCUT2D eigenvalue weighted by Gasteiger charge is 2.07. The van der Waals surface area contributed by atoms with Gasteiger partial charge in [0.15, 0.2) is 0 Å². The van der Waals surface area contributed by atoms with Gasteiger partial charge in [-0.1, -0.05) is 30.3 Å². The van der Waals surface area contributed by atoms with Crippen LogP contribution in [-0.4, -0.2) is 17.7 Å². The minimum Gasteiger partial charge on any atom is -0.491 e. The smallest absolute Gasteiger partial charge is 0.335 e. The molecule has 2 aromatic rings. The zero-order valence-corrected chi connectivity index (χ0v) is 10.4. The second kappa shape index (κ2) is 5.91. The van der Waals surface area contributed by atoms with Crippen LogP contribution in [0, 0.1) is 0 Å². The van der Waals surface area contributed by atoms with Gasteiger partial charge < -0.3 is 15.6 Å². The van der Waals surface area contributed by atoms with Gasteiger partial charge in [0.25, 0.3) is 0 Å². The maximum absolute atomic E-state index is 10.9. The number of hydrogen-bond acceptors (Lipinski definition) is 3. The fourth-order valence-electron chi connectivity index (χ4n) is 1.72. The number of nitrogen functional groups attached to an aromatic ring is 1. The second-order valence-corrected chi connectivity index (χ2v) is 4.14. The average molecular weight is 257 g/mol. The van der Waals surface area contributed by atoms with E-state index in [1.54, 1.807) is 6.07 Å². The van der Waals surface area contributed by atoms with Crippen LogP contribution >= 0.6 is 0 Å². The first-order chi connectivity index (χ1) is 9.16. The Hall–Kier alpha value is -2.49. The van der Waals surface area contributed by atoms with Gasteiger partial charge >= 0.3 is 5.97 Å². The summed E-state index contributed by atoms with van der Waals surface area (Å²) in [7, 11) is 0. The van der Waals surface area contributed by atoms with Crippen LogP contribution in [0.2, 0.25) is 0 Å². The van der Waals surface area contributed by atoms with E-state index in [-0.39, 0.29) is 5.56 Å². The molecule has 0 radical (unpaired) electrons. The summed E-state index contributed by atoms with van der Waals surface area (Å²) in [4.78, 5) is 10.9. The third-order valence-electron chi connectivity index (χ3n) is 2.75. The summed E-state index contributed by atoms with van der Waals surface area (Å²) in [6.45, 7) is 0.456. The van der Waals surface area contributed by atoms with Crippen molar-refractivity contribution in [2.45, 2.75) is 6.42 Å². The Kier molecular flexibility index (Phi) is 4.03. The zero-order chi connectivity index (χ0) is 13.7. The van der Waals surface area contributed by atoms with Gasteiger partial charge in [-0.2, -0.15) is 0 Å². The molecule has 2 aromatic carbocycles. The van der Waals surface area contributed by atoms with Crippen LogP contribution in [0.5, 0.6) is 5.75 Å². The van der Waals surface area contributed by atoms with Crippen molar-refractivity contribution < 1.29 is 14.6 Å². The largest absolute Gasteiger partial charge is 0.491 e. The number of carboxylic acids is 1. The molecule has 98 valence electrons. The van der Waals surface area contributed by atoms with Crippen LogP contribution in [0.1, 0.15) is 15.9 Å². The Labute approximate surface area is 111 Å². The number of nitrogens with two attached hydrogens (primary N) is 1. The van der Waals surface area contributed by atoms with Crippen molar-refractivity contribution in [3.05, 3.63) is 59.7 Å². The van der Waals surface area contributed by atoms with Gasteiger partial charge in [-0.25, -0.2) is 4.79 Å². The van der Waals surface area contributed by atoms with Gasteiger partial charge in [-0.05, 0) is 23.8 Å². The van der Waals surface area contributed by atoms with Crippen molar-refractivity contribution in [1.82, 2.24) is 0 Å². The molecule has 0 aliphatic rings. The minimum atomic E-state index is -0.993. The van der Waals surface area contributed by atoms with E-state index in [0.717, 1.165) is 12.0 Å². The van der Waals surface area contributed by atoms with Gasteiger partial charge in [-0.15, -0.1) is 0 Å². The van der Waals surface area contributed by atoms with Crippen LogP contribution in [0.25, 0.3) is 0 Å². The first kappa shape index (κ1) is 13.0. The summed E-state index contributed by atoms with van der Waals surface area (Å²) < 4.78 is 5.54. The van der Waals surface area contributed by atoms with Crippen LogP contribution < -0.4 is 10.5 Å². The van der Waals surface area contributed by atoms with Gasteiger partial charge in [0.2, 0.25) is 0 Å². The van der Waals surface area contributed by atoms with E-state index in [4.69, 9.17) is 15.6 Å². The third kappa shape index (κ3) is 3.48. The molecule has 0 bridgehead atoms. The normalized spacial score (nSPS) is 10.1. The number of ether oxygens (including phenoxy) is 1. The molecule has 19 heavy (non-hydrogen) atoms. The zero-order valence-electron chi connectivity index (χ0n) is 10.4. The number of benzene rings is 2. The van der Waals surface area contributed by atoms with E-state index in [1.807, 2.05) is 30.3 Å². The fourth-order valence-corrected chi connectivity index (χ4v) is 1.72. The lowest BCUT2D eigenvalue weighted by Crippen LogP contribution is -2.05. The average Bonchev–Trinajstić information content (AvgIpc) is 2.42. The van der Waals surface area contributed by atoms with E-state index < -0.39 is 5.97 Å². The first-order valence-corrected chi connectivity index (χ1v) is 5.96. The van der Waals surface area contributed by atoms with Crippen molar-refractivity contribution in [1.29, 1.82) is 0 Å². The Bertz CT molecular complexity index is 567. The number of aromatic carboxylic acids is 1. The summed E-state index contributed by atoms with van der Waals surface area (Å²) in [6.07, 6.45) is 0.748. The fraction of sp³-hybridized carbons (Fsp3) is 0.133. The molecule has 0 aliphatic heterocycles. The molecule has 0 heterocycles. The molecule has 4 nitrogen and oxygen atoms in total. The number of rotatable bonds is 5. The van der Waals surface area contributed by atoms with E-state index >= 15 is 0 Å². The highest BCUT2D eigenvalue weighted by molar-refractivity contribution is 5.89. The quantitative estimate of drug-likeness (QED) is 0.807. The molecule has 0 atom stereocenters. The molecule has 0 amide bonds. The topological polar surface area (TPSA) is 72.6 Å². The predicted octanol–water partition coefficient (Wildman–Crippen LogP) is 2.59. The van der Waals surface area contributed by atoms with E-state index in [0.29, 0.717) is 18.0 Å². The molecule has 2 rings (SSSR count). The molecule has 4 heteroatoms. The number of carbonyl (C=O) groups is 1. The van der Waals surface area contributed by atoms with Crippen molar-refractivity contribution in [3.63, 3.8) is 0 Å². The van der Waals surface area contributed by atoms with Gasteiger partial charge in [-0.3, -0.25) is 0 Å². The lowest BCUT2D eigenvalue weighted by molar-refractivity contribution is 0.0696. The highest BCUT2D eigenvalue weighted by atomic mass is 16.5. The molecule has 0 unspecified atom stereocenters. The molecular formula is C15H15NO3. The van der Waals surface area contributed by atoms with Crippen LogP contribution in [0.15, 0.2) is 48.5 Å². The SMILES string of the molecule is Nc1ccc(C(=O)O)cc1OCCc1ccccc1. The summed E-state index contributed by atoms with van der Waals surface area (Å²) >= 11 is 0. The molecule has 3 N–H and O–H groups in total. The predicted molar refractivity (Wildman–Crippen MR) is 73.5 cm³/mol. The monoisotopic (exact) mass is 257 g/mol. The molecular weight excluding hydrogens is 242 g/mol. The van der Waals surface area contributed by atoms with Crippen molar-refractivity contribution in [2.75, 3.05) is 12.3 Å².